The van der Waals surface area contributed by atoms with Crippen molar-refractivity contribution >= 4 is 28.3 Å². The van der Waals surface area contributed by atoms with E-state index in [1.54, 1.807) is 0 Å². The molecule has 1 saturated carbocycles. The van der Waals surface area contributed by atoms with E-state index >= 15 is 0 Å². The Labute approximate surface area is 223 Å². The minimum absolute atomic E-state index is 0.128. The summed E-state index contributed by atoms with van der Waals surface area (Å²) in [6, 6.07) is 22.7. The van der Waals surface area contributed by atoms with Crippen molar-refractivity contribution in [3.05, 3.63) is 72.3 Å². The number of H-pyrrole nitrogens is 1. The number of para-hydroxylation sites is 1. The highest BCUT2D eigenvalue weighted by molar-refractivity contribution is 5.94. The Hall–Kier alpha value is -3.84. The zero-order chi connectivity index (χ0) is 25.9. The van der Waals surface area contributed by atoms with Crippen LogP contribution in [0.25, 0.3) is 22.4 Å². The largest absolute Gasteiger partial charge is 0.492 e. The lowest BCUT2D eigenvalue weighted by Gasteiger charge is -2.36. The summed E-state index contributed by atoms with van der Waals surface area (Å²) in [5.41, 5.74) is 6.59. The highest BCUT2D eigenvalue weighted by Crippen LogP contribution is 2.31. The van der Waals surface area contributed by atoms with E-state index in [2.05, 4.69) is 69.5 Å². The number of nitrogens with one attached hydrogen (secondary N) is 2. The van der Waals surface area contributed by atoms with E-state index in [4.69, 9.17) is 9.72 Å². The molecular weight excluding hydrogens is 474 g/mol. The minimum atomic E-state index is 0.128. The van der Waals surface area contributed by atoms with Crippen molar-refractivity contribution in [2.75, 3.05) is 49.5 Å². The van der Waals surface area contributed by atoms with Gasteiger partial charge in [0.1, 0.15) is 23.7 Å². The number of aryl methyl sites for hydroxylation is 1. The molecule has 38 heavy (non-hydrogen) atoms. The molecular formula is C31H35N5O2. The van der Waals surface area contributed by atoms with Gasteiger partial charge in [-0.1, -0.05) is 37.3 Å². The molecule has 2 heterocycles. The van der Waals surface area contributed by atoms with Crippen LogP contribution in [0, 0.1) is 5.92 Å². The molecule has 6 rings (SSSR count). The highest BCUT2D eigenvalue weighted by atomic mass is 16.5. The number of hydrogen-bond donors (Lipinski definition) is 2. The molecule has 1 aromatic heterocycles. The fraction of sp³-hybridized carbons (Fsp3) is 0.355. The molecule has 1 saturated heterocycles. The van der Waals surface area contributed by atoms with Crippen LogP contribution in [0.15, 0.2) is 66.7 Å². The molecule has 0 atom stereocenters. The summed E-state index contributed by atoms with van der Waals surface area (Å²) in [6.07, 6.45) is 3.06. The van der Waals surface area contributed by atoms with Crippen LogP contribution in [-0.4, -0.2) is 60.1 Å². The Morgan fingerprint density at radius 1 is 1.00 bits per heavy atom. The zero-order valence-corrected chi connectivity index (χ0v) is 22.0. The molecule has 2 fully saturated rings. The lowest BCUT2D eigenvalue weighted by atomic mass is 10.1. The molecule has 2 N–H and O–H groups in total. The van der Waals surface area contributed by atoms with Gasteiger partial charge >= 0.3 is 0 Å². The zero-order valence-electron chi connectivity index (χ0n) is 22.0. The van der Waals surface area contributed by atoms with Crippen LogP contribution in [0.5, 0.6) is 5.75 Å². The van der Waals surface area contributed by atoms with Crippen LogP contribution < -0.4 is 15.0 Å². The van der Waals surface area contributed by atoms with Gasteiger partial charge in [0.15, 0.2) is 0 Å². The third kappa shape index (κ3) is 5.53. The summed E-state index contributed by atoms with van der Waals surface area (Å²) in [5, 5.41) is 2.97. The molecule has 0 radical (unpaired) electrons. The first-order chi connectivity index (χ1) is 18.7. The van der Waals surface area contributed by atoms with Gasteiger partial charge in [0.25, 0.3) is 0 Å². The number of aromatic nitrogens is 2. The SMILES string of the molecule is CCc1ccc(-c2nc3c(N4CCN(CCOc5ccc(NC(=O)C6CC6)cc5)CC4)cccc3[nH]2)cc1. The number of rotatable bonds is 9. The molecule has 1 aliphatic heterocycles. The fourth-order valence-corrected chi connectivity index (χ4v) is 5.04. The number of amides is 1. The number of nitrogens with zero attached hydrogens (tertiary/aromatic N) is 3. The lowest BCUT2D eigenvalue weighted by Crippen LogP contribution is -2.47. The van der Waals surface area contributed by atoms with Crippen LogP contribution >= 0.6 is 0 Å². The van der Waals surface area contributed by atoms with E-state index in [-0.39, 0.29) is 11.8 Å². The van der Waals surface area contributed by atoms with Gasteiger partial charge in [-0.3, -0.25) is 9.69 Å². The van der Waals surface area contributed by atoms with E-state index in [1.807, 2.05) is 24.3 Å². The second kappa shape index (κ2) is 10.9. The number of piperazine rings is 1. The third-order valence-electron chi connectivity index (χ3n) is 7.59. The van der Waals surface area contributed by atoms with Gasteiger partial charge in [-0.2, -0.15) is 0 Å². The second-order valence-electron chi connectivity index (χ2n) is 10.3. The van der Waals surface area contributed by atoms with E-state index < -0.39 is 0 Å². The quantitative estimate of drug-likeness (QED) is 0.319. The van der Waals surface area contributed by atoms with E-state index in [0.717, 1.165) is 85.8 Å². The number of imidazole rings is 1. The Morgan fingerprint density at radius 2 is 1.76 bits per heavy atom. The van der Waals surface area contributed by atoms with Crippen LogP contribution in [0.2, 0.25) is 0 Å². The minimum Gasteiger partial charge on any atom is -0.492 e. The molecule has 1 amide bonds. The highest BCUT2D eigenvalue weighted by Gasteiger charge is 2.29. The molecule has 7 heteroatoms. The average molecular weight is 510 g/mol. The first-order valence-electron chi connectivity index (χ1n) is 13.8. The first-order valence-corrected chi connectivity index (χ1v) is 13.8. The fourth-order valence-electron chi connectivity index (χ4n) is 5.04. The smallest absolute Gasteiger partial charge is 0.227 e. The molecule has 0 bridgehead atoms. The van der Waals surface area contributed by atoms with E-state index in [9.17, 15) is 4.79 Å². The molecule has 4 aromatic rings. The van der Waals surface area contributed by atoms with Crippen LogP contribution in [0.4, 0.5) is 11.4 Å². The number of ether oxygens (including phenoxy) is 1. The predicted octanol–water partition coefficient (Wildman–Crippen LogP) is 5.34. The monoisotopic (exact) mass is 509 g/mol. The van der Waals surface area contributed by atoms with Crippen molar-refractivity contribution < 1.29 is 9.53 Å². The van der Waals surface area contributed by atoms with Gasteiger partial charge in [-0.15, -0.1) is 0 Å². The average Bonchev–Trinajstić information content (AvgIpc) is 3.73. The van der Waals surface area contributed by atoms with Crippen LogP contribution in [0.1, 0.15) is 25.3 Å². The van der Waals surface area contributed by atoms with Crippen molar-refractivity contribution in [2.45, 2.75) is 26.2 Å². The molecule has 196 valence electrons. The maximum atomic E-state index is 11.9. The molecule has 0 unspecified atom stereocenters. The standard InChI is InChI=1S/C31H35N5O2/c1-2-22-6-8-23(9-7-22)30-33-27-4-3-5-28(29(27)34-30)36-18-16-35(17-19-36)20-21-38-26-14-12-25(13-15-26)32-31(37)24-10-11-24/h3-9,12-15,24H,2,10-11,16-21H2,1H3,(H,32,37)(H,33,34). The van der Waals surface area contributed by atoms with E-state index in [1.165, 1.54) is 11.3 Å². The number of benzene rings is 3. The molecule has 7 nitrogen and oxygen atoms in total. The first kappa shape index (κ1) is 24.5. The molecule has 1 aliphatic carbocycles. The number of hydrogen-bond acceptors (Lipinski definition) is 5. The Balaban J connectivity index is 1.01. The molecule has 3 aromatic carbocycles. The van der Waals surface area contributed by atoms with Crippen molar-refractivity contribution in [3.8, 4) is 17.1 Å². The second-order valence-corrected chi connectivity index (χ2v) is 10.3. The van der Waals surface area contributed by atoms with Crippen molar-refractivity contribution in [3.63, 3.8) is 0 Å². The van der Waals surface area contributed by atoms with Crippen LogP contribution in [-0.2, 0) is 11.2 Å². The summed E-state index contributed by atoms with van der Waals surface area (Å²) >= 11 is 0. The van der Waals surface area contributed by atoms with Gasteiger partial charge in [-0.25, -0.2) is 4.98 Å². The maximum Gasteiger partial charge on any atom is 0.227 e. The van der Waals surface area contributed by atoms with Crippen molar-refractivity contribution in [2.24, 2.45) is 5.92 Å². The number of anilines is 2. The number of carbonyl (C=O) groups is 1. The number of aromatic amines is 1. The Kier molecular flexibility index (Phi) is 7.01. The number of fused-ring (bicyclic) bond motifs is 1. The summed E-state index contributed by atoms with van der Waals surface area (Å²) in [5.74, 6) is 2.09. The van der Waals surface area contributed by atoms with Crippen molar-refractivity contribution in [1.82, 2.24) is 14.9 Å². The summed E-state index contributed by atoms with van der Waals surface area (Å²) < 4.78 is 5.97. The van der Waals surface area contributed by atoms with Gasteiger partial charge in [-0.05, 0) is 61.2 Å². The molecule has 0 spiro atoms. The summed E-state index contributed by atoms with van der Waals surface area (Å²) in [4.78, 5) is 25.3. The normalized spacial score (nSPS) is 16.1. The lowest BCUT2D eigenvalue weighted by molar-refractivity contribution is -0.117. The predicted molar refractivity (Wildman–Crippen MR) is 153 cm³/mol. The van der Waals surface area contributed by atoms with Gasteiger partial charge in [0.05, 0.1) is 11.2 Å². The Morgan fingerprint density at radius 3 is 2.47 bits per heavy atom. The Bertz CT molecular complexity index is 1380. The maximum absolute atomic E-state index is 11.9. The summed E-state index contributed by atoms with van der Waals surface area (Å²) in [6.45, 7) is 7.60. The topological polar surface area (TPSA) is 73.5 Å². The molecule has 2 aliphatic rings. The van der Waals surface area contributed by atoms with Gasteiger partial charge in [0.2, 0.25) is 5.91 Å². The van der Waals surface area contributed by atoms with Gasteiger partial charge in [0, 0.05) is 49.9 Å². The summed E-state index contributed by atoms with van der Waals surface area (Å²) in [7, 11) is 0. The third-order valence-corrected chi connectivity index (χ3v) is 7.59. The van der Waals surface area contributed by atoms with Crippen LogP contribution in [0.3, 0.4) is 0 Å². The van der Waals surface area contributed by atoms with Gasteiger partial charge < -0.3 is 19.9 Å². The number of carbonyl (C=O) groups excluding carboxylic acids is 1. The van der Waals surface area contributed by atoms with Crippen molar-refractivity contribution in [1.29, 1.82) is 0 Å². The van der Waals surface area contributed by atoms with E-state index in [0.29, 0.717) is 6.61 Å².